The first-order valence-corrected chi connectivity index (χ1v) is 6.17. The van der Waals surface area contributed by atoms with Crippen LogP contribution in [-0.2, 0) is 12.8 Å². The summed E-state index contributed by atoms with van der Waals surface area (Å²) in [6, 6.07) is 5.99. The molecule has 0 bridgehead atoms. The molecule has 0 radical (unpaired) electrons. The summed E-state index contributed by atoms with van der Waals surface area (Å²) in [5.74, 6) is -0.000741. The van der Waals surface area contributed by atoms with Crippen molar-refractivity contribution in [1.82, 2.24) is 5.32 Å². The zero-order chi connectivity index (χ0) is 12.5. The summed E-state index contributed by atoms with van der Waals surface area (Å²) in [4.78, 5) is 12.2. The summed E-state index contributed by atoms with van der Waals surface area (Å²) in [5.41, 5.74) is 8.65. The summed E-state index contributed by atoms with van der Waals surface area (Å²) in [5, 5.41) is 2.99. The molecule has 1 aliphatic rings. The Morgan fingerprint density at radius 1 is 1.39 bits per heavy atom. The van der Waals surface area contributed by atoms with E-state index in [2.05, 4.69) is 11.4 Å². The number of fused-ring (bicyclic) bond motifs is 1. The Kier molecular flexibility index (Phi) is 4.77. The molecule has 18 heavy (non-hydrogen) atoms. The van der Waals surface area contributed by atoms with E-state index in [0.29, 0.717) is 6.54 Å². The minimum Gasteiger partial charge on any atom is -0.346 e. The average Bonchev–Trinajstić information content (AvgIpc) is 2.76. The summed E-state index contributed by atoms with van der Waals surface area (Å²) in [7, 11) is 0. The fourth-order valence-corrected chi connectivity index (χ4v) is 2.26. The average molecular weight is 269 g/mol. The van der Waals surface area contributed by atoms with E-state index < -0.39 is 0 Å². The largest absolute Gasteiger partial charge is 0.346 e. The number of nitrogens with two attached hydrogens (primary N) is 1. The van der Waals surface area contributed by atoms with Crippen molar-refractivity contribution in [2.45, 2.75) is 38.6 Å². The van der Waals surface area contributed by atoms with E-state index in [1.54, 1.807) is 0 Å². The molecular weight excluding hydrogens is 248 g/mol. The normalized spacial score (nSPS) is 13.7. The van der Waals surface area contributed by atoms with Gasteiger partial charge in [-0.15, -0.1) is 12.4 Å². The smallest absolute Gasteiger partial charge is 0.252 e. The van der Waals surface area contributed by atoms with Gasteiger partial charge in [0.2, 0.25) is 0 Å². The third kappa shape index (κ3) is 3.03. The molecule has 0 unspecified atom stereocenters. The highest BCUT2D eigenvalue weighted by Crippen LogP contribution is 2.25. The molecular formula is C14H21ClN2O. The second kappa shape index (κ2) is 5.72. The Hall–Kier alpha value is -1.06. The van der Waals surface area contributed by atoms with Gasteiger partial charge >= 0.3 is 0 Å². The van der Waals surface area contributed by atoms with E-state index in [1.165, 1.54) is 11.1 Å². The second-order valence-electron chi connectivity index (χ2n) is 5.34. The maximum Gasteiger partial charge on any atom is 0.252 e. The molecule has 1 aromatic rings. The topological polar surface area (TPSA) is 55.1 Å². The number of aryl methyl sites for hydroxylation is 1. The molecule has 0 spiro atoms. The van der Waals surface area contributed by atoms with Crippen molar-refractivity contribution >= 4 is 18.3 Å². The summed E-state index contributed by atoms with van der Waals surface area (Å²) >= 11 is 0. The molecule has 0 aliphatic heterocycles. The number of nitrogens with one attached hydrogen (secondary N) is 1. The van der Waals surface area contributed by atoms with Crippen LogP contribution in [0.2, 0.25) is 0 Å². The molecule has 1 amide bonds. The monoisotopic (exact) mass is 268 g/mol. The van der Waals surface area contributed by atoms with Gasteiger partial charge in [-0.05, 0) is 50.3 Å². The highest BCUT2D eigenvalue weighted by Gasteiger charge is 2.23. The van der Waals surface area contributed by atoms with Crippen LogP contribution in [0.4, 0.5) is 0 Å². The molecule has 2 rings (SSSR count). The SMILES string of the molecule is CC(C)(CN)NC(=O)c1cccc2c1CCC2.Cl. The number of hydrogen-bond donors (Lipinski definition) is 2. The van der Waals surface area contributed by atoms with Gasteiger partial charge in [-0.2, -0.15) is 0 Å². The van der Waals surface area contributed by atoms with Crippen molar-refractivity contribution < 1.29 is 4.79 Å². The molecule has 0 saturated carbocycles. The molecule has 1 aliphatic carbocycles. The van der Waals surface area contributed by atoms with E-state index in [4.69, 9.17) is 5.73 Å². The van der Waals surface area contributed by atoms with Crippen molar-refractivity contribution in [1.29, 1.82) is 0 Å². The maximum absolute atomic E-state index is 12.2. The Bertz CT molecular complexity index is 443. The molecule has 0 fully saturated rings. The molecule has 0 saturated heterocycles. The fourth-order valence-electron chi connectivity index (χ4n) is 2.26. The van der Waals surface area contributed by atoms with Gasteiger partial charge in [-0.3, -0.25) is 4.79 Å². The Morgan fingerprint density at radius 3 is 2.78 bits per heavy atom. The number of rotatable bonds is 3. The second-order valence-corrected chi connectivity index (χ2v) is 5.34. The van der Waals surface area contributed by atoms with Crippen LogP contribution in [0, 0.1) is 0 Å². The number of carbonyl (C=O) groups excluding carboxylic acids is 1. The zero-order valence-electron chi connectivity index (χ0n) is 11.0. The van der Waals surface area contributed by atoms with Crippen LogP contribution < -0.4 is 11.1 Å². The highest BCUT2D eigenvalue weighted by molar-refractivity contribution is 5.96. The predicted molar refractivity (Wildman–Crippen MR) is 76.3 cm³/mol. The third-order valence-electron chi connectivity index (χ3n) is 3.35. The molecule has 1 aromatic carbocycles. The standard InChI is InChI=1S/C14H20N2O.ClH/c1-14(2,9-15)16-13(17)12-8-4-6-10-5-3-7-11(10)12;/h4,6,8H,3,5,7,9,15H2,1-2H3,(H,16,17);1H. The Labute approximate surface area is 115 Å². The number of benzene rings is 1. The van der Waals surface area contributed by atoms with Crippen LogP contribution in [0.1, 0.15) is 41.8 Å². The molecule has 3 N–H and O–H groups in total. The van der Waals surface area contributed by atoms with Gasteiger partial charge in [-0.25, -0.2) is 0 Å². The van der Waals surface area contributed by atoms with E-state index in [-0.39, 0.29) is 23.9 Å². The lowest BCUT2D eigenvalue weighted by Crippen LogP contribution is -2.49. The van der Waals surface area contributed by atoms with E-state index in [9.17, 15) is 4.79 Å². The first-order chi connectivity index (χ1) is 8.03. The summed E-state index contributed by atoms with van der Waals surface area (Å²) < 4.78 is 0. The third-order valence-corrected chi connectivity index (χ3v) is 3.35. The lowest BCUT2D eigenvalue weighted by molar-refractivity contribution is 0.0915. The van der Waals surface area contributed by atoms with Gasteiger partial charge in [0.1, 0.15) is 0 Å². The molecule has 3 nitrogen and oxygen atoms in total. The lowest BCUT2D eigenvalue weighted by atomic mass is 10.0. The van der Waals surface area contributed by atoms with Crippen molar-refractivity contribution in [3.8, 4) is 0 Å². The number of carbonyl (C=O) groups is 1. The van der Waals surface area contributed by atoms with Crippen LogP contribution in [0.5, 0.6) is 0 Å². The lowest BCUT2D eigenvalue weighted by Gasteiger charge is -2.24. The minimum absolute atomic E-state index is 0. The van der Waals surface area contributed by atoms with E-state index >= 15 is 0 Å². The first-order valence-electron chi connectivity index (χ1n) is 6.17. The maximum atomic E-state index is 12.2. The van der Waals surface area contributed by atoms with Gasteiger partial charge in [0.25, 0.3) is 5.91 Å². The Morgan fingerprint density at radius 2 is 2.11 bits per heavy atom. The number of hydrogen-bond acceptors (Lipinski definition) is 2. The highest BCUT2D eigenvalue weighted by atomic mass is 35.5. The van der Waals surface area contributed by atoms with Gasteiger partial charge in [0, 0.05) is 17.6 Å². The van der Waals surface area contributed by atoms with Crippen molar-refractivity contribution in [3.63, 3.8) is 0 Å². The summed E-state index contributed by atoms with van der Waals surface area (Å²) in [6.45, 7) is 4.32. The van der Waals surface area contributed by atoms with Gasteiger partial charge in [0.15, 0.2) is 0 Å². The molecule has 0 aromatic heterocycles. The number of halogens is 1. The van der Waals surface area contributed by atoms with E-state index in [1.807, 2.05) is 26.0 Å². The summed E-state index contributed by atoms with van der Waals surface area (Å²) in [6.07, 6.45) is 3.26. The minimum atomic E-state index is -0.349. The van der Waals surface area contributed by atoms with Crippen LogP contribution in [-0.4, -0.2) is 18.0 Å². The van der Waals surface area contributed by atoms with Gasteiger partial charge < -0.3 is 11.1 Å². The van der Waals surface area contributed by atoms with Crippen LogP contribution >= 0.6 is 12.4 Å². The van der Waals surface area contributed by atoms with Gasteiger partial charge in [-0.1, -0.05) is 12.1 Å². The van der Waals surface area contributed by atoms with Crippen molar-refractivity contribution in [2.24, 2.45) is 5.73 Å². The molecule has 100 valence electrons. The molecule has 0 heterocycles. The molecule has 0 atom stereocenters. The van der Waals surface area contributed by atoms with Crippen molar-refractivity contribution in [2.75, 3.05) is 6.54 Å². The first kappa shape index (κ1) is 15.0. The van der Waals surface area contributed by atoms with Crippen LogP contribution in [0.15, 0.2) is 18.2 Å². The quantitative estimate of drug-likeness (QED) is 0.882. The van der Waals surface area contributed by atoms with Crippen LogP contribution in [0.25, 0.3) is 0 Å². The van der Waals surface area contributed by atoms with Crippen molar-refractivity contribution in [3.05, 3.63) is 34.9 Å². The predicted octanol–water partition coefficient (Wildman–Crippen LogP) is 2.06. The molecule has 4 heteroatoms. The van der Waals surface area contributed by atoms with Gasteiger partial charge in [0.05, 0.1) is 0 Å². The zero-order valence-corrected chi connectivity index (χ0v) is 11.8. The Balaban J connectivity index is 0.00000162. The number of amides is 1. The fraction of sp³-hybridized carbons (Fsp3) is 0.500. The van der Waals surface area contributed by atoms with Crippen LogP contribution in [0.3, 0.4) is 0 Å². The van der Waals surface area contributed by atoms with E-state index in [0.717, 1.165) is 24.8 Å².